The molecule has 27 heavy (non-hydrogen) atoms. The van der Waals surface area contributed by atoms with E-state index in [2.05, 4.69) is 17.6 Å². The average molecular weight is 445 g/mol. The van der Waals surface area contributed by atoms with Gasteiger partial charge in [-0.25, -0.2) is 0 Å². The number of rotatable bonds is 7. The van der Waals surface area contributed by atoms with Crippen molar-refractivity contribution >= 4 is 40.9 Å². The highest BCUT2D eigenvalue weighted by Crippen LogP contribution is 2.31. The van der Waals surface area contributed by atoms with Gasteiger partial charge in [0.2, 0.25) is 5.91 Å². The molecule has 0 aliphatic carbocycles. The average Bonchev–Trinajstić information content (AvgIpc) is 2.65. The number of aliphatic hydroxyl groups excluding tert-OH is 3. The van der Waals surface area contributed by atoms with Crippen LogP contribution >= 0.6 is 35.0 Å². The zero-order valence-electron chi connectivity index (χ0n) is 15.6. The molecule has 5 N–H and O–H groups in total. The zero-order chi connectivity index (χ0) is 20.1. The van der Waals surface area contributed by atoms with Crippen LogP contribution in [0, 0.1) is 5.92 Å². The van der Waals surface area contributed by atoms with Gasteiger partial charge in [-0.3, -0.25) is 4.79 Å². The first-order chi connectivity index (χ1) is 12.8. The Balaban J connectivity index is 2.07. The Morgan fingerprint density at radius 1 is 1.30 bits per heavy atom. The molecule has 0 spiro atoms. The molecule has 10 heteroatoms. The summed E-state index contributed by atoms with van der Waals surface area (Å²) in [5.41, 5.74) is -0.762. The van der Waals surface area contributed by atoms with E-state index in [1.165, 1.54) is 11.8 Å². The van der Waals surface area contributed by atoms with E-state index in [0.29, 0.717) is 5.92 Å². The Labute approximate surface area is 174 Å². The molecule has 2 heterocycles. The molecule has 2 saturated heterocycles. The van der Waals surface area contributed by atoms with Gasteiger partial charge in [-0.2, -0.15) is 0 Å². The van der Waals surface area contributed by atoms with E-state index in [0.717, 1.165) is 32.2 Å². The Hall–Kier alpha value is 0.200. The van der Waals surface area contributed by atoms with Crippen molar-refractivity contribution in [3.8, 4) is 0 Å². The largest absolute Gasteiger partial charge is 0.388 e. The lowest BCUT2D eigenvalue weighted by molar-refractivity contribution is -0.204. The molecule has 0 aromatic rings. The maximum Gasteiger partial charge on any atom is 0.237 e. The number of ether oxygens (including phenoxy) is 1. The van der Waals surface area contributed by atoms with Gasteiger partial charge in [0.15, 0.2) is 0 Å². The van der Waals surface area contributed by atoms with Crippen molar-refractivity contribution in [2.45, 2.75) is 79.4 Å². The number of thioether (sulfide) groups is 1. The van der Waals surface area contributed by atoms with Crippen molar-refractivity contribution in [1.29, 1.82) is 0 Å². The highest BCUT2D eigenvalue weighted by Gasteiger charge is 2.48. The maximum absolute atomic E-state index is 12.8. The van der Waals surface area contributed by atoms with E-state index in [1.54, 1.807) is 6.26 Å². The molecular formula is C17H30Cl2N2O5S. The van der Waals surface area contributed by atoms with Crippen LogP contribution in [-0.2, 0) is 9.53 Å². The van der Waals surface area contributed by atoms with Gasteiger partial charge in [-0.1, -0.05) is 19.8 Å². The van der Waals surface area contributed by atoms with Gasteiger partial charge in [0, 0.05) is 0 Å². The molecule has 1 amide bonds. The van der Waals surface area contributed by atoms with Crippen molar-refractivity contribution < 1.29 is 24.9 Å². The molecule has 2 aliphatic rings. The minimum atomic E-state index is -1.43. The van der Waals surface area contributed by atoms with Crippen LogP contribution in [0.1, 0.15) is 32.6 Å². The van der Waals surface area contributed by atoms with Crippen molar-refractivity contribution in [1.82, 2.24) is 10.6 Å². The summed E-state index contributed by atoms with van der Waals surface area (Å²) < 4.78 is 5.70. The fraction of sp³-hybridized carbons (Fsp3) is 0.941. The van der Waals surface area contributed by atoms with Crippen LogP contribution < -0.4 is 10.6 Å². The monoisotopic (exact) mass is 444 g/mol. The van der Waals surface area contributed by atoms with Crippen molar-refractivity contribution in [3.05, 3.63) is 0 Å². The van der Waals surface area contributed by atoms with Crippen molar-refractivity contribution in [2.75, 3.05) is 12.8 Å². The zero-order valence-corrected chi connectivity index (χ0v) is 17.9. The van der Waals surface area contributed by atoms with Gasteiger partial charge in [-0.05, 0) is 31.6 Å². The van der Waals surface area contributed by atoms with Crippen LogP contribution in [0.25, 0.3) is 0 Å². The molecule has 2 rings (SSSR count). The number of halogens is 2. The molecular weight excluding hydrogens is 415 g/mol. The first-order valence-electron chi connectivity index (χ1n) is 9.34. The minimum Gasteiger partial charge on any atom is -0.388 e. The minimum absolute atomic E-state index is 0.260. The van der Waals surface area contributed by atoms with Gasteiger partial charge in [-0.15, -0.1) is 35.0 Å². The number of alkyl halides is 2. The molecule has 0 saturated carbocycles. The van der Waals surface area contributed by atoms with E-state index in [4.69, 9.17) is 27.9 Å². The molecule has 0 radical (unpaired) electrons. The highest BCUT2D eigenvalue weighted by atomic mass is 35.5. The van der Waals surface area contributed by atoms with Crippen LogP contribution in [0.2, 0.25) is 0 Å². The van der Waals surface area contributed by atoms with Crippen LogP contribution in [0.4, 0.5) is 0 Å². The lowest BCUT2D eigenvalue weighted by Gasteiger charge is -2.43. The standard InChI is InChI=1S/C17H30Cl2N2O5S/c1-3-4-8-5-6-20-9(7-8)16(25)21-10(15(18)19)14-12(23)11(22)13(24)17(26-14)27-2/h8-15,17,20,22-24H,3-7H2,1-2H3,(H,21,25)/t8-,9+,10+,11+,12-,13+,14-,17+/m1/s1. The quantitative estimate of drug-likeness (QED) is 0.365. The second-order valence-corrected chi connectivity index (χ2v) is 9.33. The summed E-state index contributed by atoms with van der Waals surface area (Å²) in [7, 11) is 0. The predicted molar refractivity (Wildman–Crippen MR) is 107 cm³/mol. The Bertz CT molecular complexity index is 486. The number of hydrogen-bond donors (Lipinski definition) is 5. The molecule has 2 fully saturated rings. The Morgan fingerprint density at radius 2 is 2.00 bits per heavy atom. The van der Waals surface area contributed by atoms with Crippen LogP contribution in [0.5, 0.6) is 0 Å². The summed E-state index contributed by atoms with van der Waals surface area (Å²) in [6.07, 6.45) is 0.486. The van der Waals surface area contributed by atoms with Gasteiger partial charge < -0.3 is 30.7 Å². The summed E-state index contributed by atoms with van der Waals surface area (Å²) >= 11 is 13.3. The predicted octanol–water partition coefficient (Wildman–Crippen LogP) is 0.614. The van der Waals surface area contributed by atoms with Gasteiger partial charge in [0.25, 0.3) is 0 Å². The van der Waals surface area contributed by atoms with E-state index in [-0.39, 0.29) is 11.9 Å². The van der Waals surface area contributed by atoms with E-state index < -0.39 is 40.7 Å². The Morgan fingerprint density at radius 3 is 2.59 bits per heavy atom. The first kappa shape index (κ1) is 23.5. The third-order valence-corrected chi connectivity index (χ3v) is 6.70. The van der Waals surface area contributed by atoms with Crippen LogP contribution in [-0.4, -0.2) is 80.8 Å². The normalized spacial score (nSPS) is 38.6. The summed E-state index contributed by atoms with van der Waals surface area (Å²) in [5, 5.41) is 36.4. The Kier molecular flexibility index (Phi) is 9.42. The number of amides is 1. The second-order valence-electron chi connectivity index (χ2n) is 7.23. The molecule has 8 atom stereocenters. The molecule has 0 unspecified atom stereocenters. The van der Waals surface area contributed by atoms with Crippen LogP contribution in [0.3, 0.4) is 0 Å². The third-order valence-electron chi connectivity index (χ3n) is 5.30. The summed E-state index contributed by atoms with van der Waals surface area (Å²) in [5.74, 6) is 0.229. The summed E-state index contributed by atoms with van der Waals surface area (Å²) in [4.78, 5) is 11.7. The summed E-state index contributed by atoms with van der Waals surface area (Å²) in [6, 6.07) is -1.29. The molecule has 7 nitrogen and oxygen atoms in total. The molecule has 158 valence electrons. The number of aliphatic hydroxyl groups is 3. The van der Waals surface area contributed by atoms with Crippen LogP contribution in [0.15, 0.2) is 0 Å². The van der Waals surface area contributed by atoms with E-state index in [9.17, 15) is 20.1 Å². The molecule has 2 aliphatic heterocycles. The van der Waals surface area contributed by atoms with Crippen molar-refractivity contribution in [2.24, 2.45) is 5.92 Å². The number of carbonyl (C=O) groups is 1. The highest BCUT2D eigenvalue weighted by molar-refractivity contribution is 7.99. The van der Waals surface area contributed by atoms with Crippen molar-refractivity contribution in [3.63, 3.8) is 0 Å². The lowest BCUT2D eigenvalue weighted by Crippen LogP contribution is -2.65. The van der Waals surface area contributed by atoms with Gasteiger partial charge in [0.1, 0.15) is 34.7 Å². The summed E-state index contributed by atoms with van der Waals surface area (Å²) in [6.45, 7) is 2.89. The topological polar surface area (TPSA) is 111 Å². The maximum atomic E-state index is 12.8. The molecule has 0 bridgehead atoms. The number of piperidine rings is 1. The number of carbonyl (C=O) groups excluding carboxylic acids is 1. The number of hydrogen-bond acceptors (Lipinski definition) is 7. The smallest absolute Gasteiger partial charge is 0.237 e. The second kappa shape index (κ2) is 10.8. The first-order valence-corrected chi connectivity index (χ1v) is 11.5. The molecule has 0 aromatic heterocycles. The van der Waals surface area contributed by atoms with E-state index in [1.807, 2.05) is 0 Å². The fourth-order valence-corrected chi connectivity index (χ4v) is 4.88. The fourth-order valence-electron chi connectivity index (χ4n) is 3.79. The van der Waals surface area contributed by atoms with Gasteiger partial charge >= 0.3 is 0 Å². The molecule has 0 aromatic carbocycles. The van der Waals surface area contributed by atoms with Gasteiger partial charge in [0.05, 0.1) is 12.1 Å². The SMILES string of the molecule is CCC[C@@H]1CCN[C@H](C(=O)N[C@H](C(Cl)Cl)[C@H]2O[C@@H](SC)[C@@H](O)[C@@H](O)[C@H]2O)C1. The lowest BCUT2D eigenvalue weighted by atomic mass is 9.88. The third kappa shape index (κ3) is 5.85. The van der Waals surface area contributed by atoms with E-state index >= 15 is 0 Å². The number of nitrogens with one attached hydrogen (secondary N) is 2.